The summed E-state index contributed by atoms with van der Waals surface area (Å²) in [5.74, 6) is -0.875. The summed E-state index contributed by atoms with van der Waals surface area (Å²) in [6.45, 7) is -0.513. The van der Waals surface area contributed by atoms with Gasteiger partial charge >= 0.3 is 18.3 Å². The zero-order valence-corrected chi connectivity index (χ0v) is 15.1. The maximum absolute atomic E-state index is 13.1. The third-order valence-electron chi connectivity index (χ3n) is 4.03. The van der Waals surface area contributed by atoms with Gasteiger partial charge in [-0.05, 0) is 35.9 Å². The molecule has 1 aromatic carbocycles. The molecule has 0 N–H and O–H groups in total. The number of benzene rings is 1. The lowest BCUT2D eigenvalue weighted by atomic mass is 10.0. The number of nitrogens with zero attached hydrogens (tertiary/aromatic N) is 4. The molecule has 12 heteroatoms. The number of hydrogen-bond acceptors (Lipinski definition) is 5. The topological polar surface area (TPSA) is 69.9 Å². The second kappa shape index (κ2) is 7.76. The zero-order valence-electron chi connectivity index (χ0n) is 15.1. The van der Waals surface area contributed by atoms with E-state index in [0.29, 0.717) is 17.7 Å². The van der Waals surface area contributed by atoms with Crippen LogP contribution in [0, 0.1) is 0 Å². The van der Waals surface area contributed by atoms with E-state index >= 15 is 0 Å². The molecule has 0 aliphatic carbocycles. The summed E-state index contributed by atoms with van der Waals surface area (Å²) < 4.78 is 84.2. The molecular weight excluding hydrogens is 418 g/mol. The van der Waals surface area contributed by atoms with Crippen molar-refractivity contribution in [2.45, 2.75) is 18.9 Å². The van der Waals surface area contributed by atoms with Gasteiger partial charge in [0.15, 0.2) is 5.69 Å². The van der Waals surface area contributed by atoms with Gasteiger partial charge in [0.1, 0.15) is 5.69 Å². The van der Waals surface area contributed by atoms with Crippen molar-refractivity contribution in [3.05, 3.63) is 65.1 Å². The van der Waals surface area contributed by atoms with Crippen molar-refractivity contribution in [3.8, 4) is 11.3 Å². The van der Waals surface area contributed by atoms with Gasteiger partial charge < -0.3 is 4.74 Å². The van der Waals surface area contributed by atoms with Crippen LogP contribution in [0.4, 0.5) is 26.3 Å². The lowest BCUT2D eigenvalue weighted by Gasteiger charge is -2.15. The molecular formula is C18H12F6N4O2. The molecule has 0 unspecified atom stereocenters. The minimum atomic E-state index is -4.98. The summed E-state index contributed by atoms with van der Waals surface area (Å²) in [5, 5.41) is 7.38. The van der Waals surface area contributed by atoms with Crippen molar-refractivity contribution in [1.29, 1.82) is 0 Å². The normalized spacial score (nSPS) is 12.1. The molecule has 0 spiro atoms. The van der Waals surface area contributed by atoms with Gasteiger partial charge in [0.05, 0.1) is 24.8 Å². The zero-order chi connectivity index (χ0) is 22.1. The molecule has 3 aromatic rings. The monoisotopic (exact) mass is 430 g/mol. The molecule has 0 atom stereocenters. The van der Waals surface area contributed by atoms with Crippen LogP contribution < -0.4 is 0 Å². The molecule has 30 heavy (non-hydrogen) atoms. The standard InChI is InChI=1S/C18H12F6N4O2/c1-30-16(29)14-15(11-3-2-4-25-8-11)28(27-26-14)9-10-5-12(17(19,20)21)7-13(6-10)18(22,23)24/h2-8H,9H2,1H3. The van der Waals surface area contributed by atoms with Crippen molar-refractivity contribution >= 4 is 5.97 Å². The van der Waals surface area contributed by atoms with E-state index in [1.807, 2.05) is 0 Å². The van der Waals surface area contributed by atoms with E-state index < -0.39 is 36.0 Å². The first-order chi connectivity index (χ1) is 14.0. The van der Waals surface area contributed by atoms with Gasteiger partial charge in [-0.1, -0.05) is 5.21 Å². The average molecular weight is 430 g/mol. The van der Waals surface area contributed by atoms with Crippen LogP contribution in [0.15, 0.2) is 42.7 Å². The first-order valence-electron chi connectivity index (χ1n) is 8.21. The van der Waals surface area contributed by atoms with Crippen LogP contribution >= 0.6 is 0 Å². The summed E-state index contributed by atoms with van der Waals surface area (Å²) in [7, 11) is 1.09. The number of halogens is 6. The number of carbonyl (C=O) groups is 1. The highest BCUT2D eigenvalue weighted by molar-refractivity contribution is 5.93. The number of aromatic nitrogens is 4. The summed E-state index contributed by atoms with van der Waals surface area (Å²) in [5.41, 5.74) is -3.13. The third kappa shape index (κ3) is 4.42. The lowest BCUT2D eigenvalue weighted by molar-refractivity contribution is -0.143. The Labute approximate surface area is 165 Å². The molecule has 6 nitrogen and oxygen atoms in total. The number of methoxy groups -OCH3 is 1. The number of alkyl halides is 6. The molecule has 0 fully saturated rings. The number of rotatable bonds is 4. The Kier molecular flexibility index (Phi) is 5.51. The minimum Gasteiger partial charge on any atom is -0.464 e. The van der Waals surface area contributed by atoms with Crippen LogP contribution in [0.25, 0.3) is 11.3 Å². The van der Waals surface area contributed by atoms with E-state index in [0.717, 1.165) is 11.8 Å². The number of carbonyl (C=O) groups excluding carboxylic acids is 1. The van der Waals surface area contributed by atoms with E-state index in [4.69, 9.17) is 0 Å². The molecule has 2 aromatic heterocycles. The molecule has 0 aliphatic rings. The minimum absolute atomic E-state index is 0.0345. The Hall–Kier alpha value is -3.44. The molecule has 0 aliphatic heterocycles. The van der Waals surface area contributed by atoms with E-state index in [-0.39, 0.29) is 23.0 Å². The van der Waals surface area contributed by atoms with Gasteiger partial charge in [-0.2, -0.15) is 26.3 Å². The fraction of sp³-hybridized carbons (Fsp3) is 0.222. The Balaban J connectivity index is 2.13. The fourth-order valence-electron chi connectivity index (χ4n) is 2.73. The summed E-state index contributed by atoms with van der Waals surface area (Å²) >= 11 is 0. The molecule has 0 bridgehead atoms. The van der Waals surface area contributed by atoms with E-state index in [9.17, 15) is 31.1 Å². The van der Waals surface area contributed by atoms with Gasteiger partial charge in [0.25, 0.3) is 0 Å². The molecule has 0 saturated heterocycles. The molecule has 2 heterocycles. The van der Waals surface area contributed by atoms with Crippen molar-refractivity contribution in [2.24, 2.45) is 0 Å². The smallest absolute Gasteiger partial charge is 0.416 e. The van der Waals surface area contributed by atoms with Crippen LogP contribution in [0.1, 0.15) is 27.2 Å². The predicted molar refractivity (Wildman–Crippen MR) is 90.1 cm³/mol. The highest BCUT2D eigenvalue weighted by atomic mass is 19.4. The fourth-order valence-corrected chi connectivity index (χ4v) is 2.73. The van der Waals surface area contributed by atoms with Gasteiger partial charge in [-0.15, -0.1) is 5.10 Å². The van der Waals surface area contributed by atoms with Crippen molar-refractivity contribution in [3.63, 3.8) is 0 Å². The Morgan fingerprint density at radius 1 is 1.07 bits per heavy atom. The molecule has 0 radical (unpaired) electrons. The van der Waals surface area contributed by atoms with E-state index in [2.05, 4.69) is 20.0 Å². The second-order valence-corrected chi connectivity index (χ2v) is 6.09. The summed E-state index contributed by atoms with van der Waals surface area (Å²) in [6.07, 6.45) is -7.18. The van der Waals surface area contributed by atoms with Crippen LogP contribution in [0.3, 0.4) is 0 Å². The average Bonchev–Trinajstić information content (AvgIpc) is 3.10. The lowest BCUT2D eigenvalue weighted by Crippen LogP contribution is -2.13. The number of esters is 1. The third-order valence-corrected chi connectivity index (χ3v) is 4.03. The van der Waals surface area contributed by atoms with Crippen molar-refractivity contribution < 1.29 is 35.9 Å². The quantitative estimate of drug-likeness (QED) is 0.458. The molecule has 0 saturated carbocycles. The summed E-state index contributed by atoms with van der Waals surface area (Å²) in [4.78, 5) is 15.9. The number of pyridine rings is 1. The van der Waals surface area contributed by atoms with Crippen LogP contribution in [0.5, 0.6) is 0 Å². The van der Waals surface area contributed by atoms with Gasteiger partial charge in [-0.3, -0.25) is 4.98 Å². The maximum Gasteiger partial charge on any atom is 0.416 e. The van der Waals surface area contributed by atoms with Gasteiger partial charge in [-0.25, -0.2) is 9.48 Å². The first-order valence-corrected chi connectivity index (χ1v) is 8.21. The number of hydrogen-bond donors (Lipinski definition) is 0. The van der Waals surface area contributed by atoms with Crippen LogP contribution in [-0.2, 0) is 23.6 Å². The van der Waals surface area contributed by atoms with Gasteiger partial charge in [0.2, 0.25) is 0 Å². The highest BCUT2D eigenvalue weighted by Crippen LogP contribution is 2.36. The Morgan fingerprint density at radius 2 is 1.70 bits per heavy atom. The number of ether oxygens (including phenoxy) is 1. The van der Waals surface area contributed by atoms with E-state index in [1.165, 1.54) is 24.5 Å². The van der Waals surface area contributed by atoms with E-state index in [1.54, 1.807) is 0 Å². The molecule has 3 rings (SSSR count). The first kappa shape index (κ1) is 21.3. The van der Waals surface area contributed by atoms with Gasteiger partial charge in [0, 0.05) is 18.0 Å². The predicted octanol–water partition coefficient (Wildman–Crippen LogP) is 4.21. The van der Waals surface area contributed by atoms with Crippen LogP contribution in [-0.4, -0.2) is 33.1 Å². The van der Waals surface area contributed by atoms with Crippen molar-refractivity contribution in [1.82, 2.24) is 20.0 Å². The Morgan fingerprint density at radius 3 is 2.20 bits per heavy atom. The Bertz CT molecular complexity index is 1030. The maximum atomic E-state index is 13.1. The SMILES string of the molecule is COC(=O)c1nnn(Cc2cc(C(F)(F)F)cc(C(F)(F)F)c2)c1-c1cccnc1. The van der Waals surface area contributed by atoms with Crippen molar-refractivity contribution in [2.75, 3.05) is 7.11 Å². The largest absolute Gasteiger partial charge is 0.464 e. The highest BCUT2D eigenvalue weighted by Gasteiger charge is 2.37. The summed E-state index contributed by atoms with van der Waals surface area (Å²) in [6, 6.07) is 4.26. The van der Waals surface area contributed by atoms with Crippen LogP contribution in [0.2, 0.25) is 0 Å². The molecule has 158 valence electrons. The second-order valence-electron chi connectivity index (χ2n) is 6.09. The molecule has 0 amide bonds.